The second-order valence-corrected chi connectivity index (χ2v) is 2.13. The number of rotatable bonds is 2. The Kier molecular flexibility index (Phi) is 1.82. The maximum atomic E-state index is 3.90. The van der Waals surface area contributed by atoms with E-state index in [2.05, 4.69) is 22.3 Å². The first-order valence-electron chi connectivity index (χ1n) is 3.21. The van der Waals surface area contributed by atoms with Crippen molar-refractivity contribution in [3.05, 3.63) is 11.4 Å². The van der Waals surface area contributed by atoms with Crippen LogP contribution >= 0.6 is 0 Å². The molecular formula is C6H11N3. The zero-order chi connectivity index (χ0) is 6.69. The minimum absolute atomic E-state index is 1.03. The molecule has 1 aromatic heterocycles. The molecule has 1 rings (SSSR count). The van der Waals surface area contributed by atoms with Crippen molar-refractivity contribution in [2.75, 3.05) is 0 Å². The van der Waals surface area contributed by atoms with Crippen molar-refractivity contribution >= 4 is 0 Å². The summed E-state index contributed by atoms with van der Waals surface area (Å²) in [6, 6.07) is 0. The predicted molar refractivity (Wildman–Crippen MR) is 35.1 cm³/mol. The van der Waals surface area contributed by atoms with Crippen molar-refractivity contribution in [3.8, 4) is 0 Å². The zero-order valence-corrected chi connectivity index (χ0v) is 5.81. The lowest BCUT2D eigenvalue weighted by Gasteiger charge is -1.88. The molecule has 50 valence electrons. The van der Waals surface area contributed by atoms with Crippen molar-refractivity contribution in [3.63, 3.8) is 0 Å². The van der Waals surface area contributed by atoms with E-state index < -0.39 is 0 Å². The van der Waals surface area contributed by atoms with Crippen molar-refractivity contribution in [1.29, 1.82) is 0 Å². The Morgan fingerprint density at radius 3 is 2.78 bits per heavy atom. The van der Waals surface area contributed by atoms with E-state index in [0.29, 0.717) is 0 Å². The van der Waals surface area contributed by atoms with Crippen LogP contribution in [0.5, 0.6) is 0 Å². The third kappa shape index (κ3) is 1.28. The Morgan fingerprint density at radius 2 is 2.33 bits per heavy atom. The van der Waals surface area contributed by atoms with Gasteiger partial charge in [-0.3, -0.25) is 5.10 Å². The third-order valence-electron chi connectivity index (χ3n) is 1.31. The summed E-state index contributed by atoms with van der Waals surface area (Å²) in [5.74, 6) is 0. The van der Waals surface area contributed by atoms with Gasteiger partial charge < -0.3 is 0 Å². The van der Waals surface area contributed by atoms with E-state index in [1.165, 1.54) is 0 Å². The summed E-state index contributed by atoms with van der Waals surface area (Å²) in [6.07, 6.45) is 2.16. The number of aromatic amines is 1. The van der Waals surface area contributed by atoms with Crippen LogP contribution < -0.4 is 0 Å². The lowest BCUT2D eigenvalue weighted by Crippen LogP contribution is -1.85. The molecule has 1 aromatic rings. The van der Waals surface area contributed by atoms with Gasteiger partial charge in [-0.1, -0.05) is 18.6 Å². The summed E-state index contributed by atoms with van der Waals surface area (Å²) >= 11 is 0. The highest BCUT2D eigenvalue weighted by molar-refractivity contribution is 5.04. The third-order valence-corrected chi connectivity index (χ3v) is 1.31. The van der Waals surface area contributed by atoms with Crippen LogP contribution in [0.4, 0.5) is 0 Å². The highest BCUT2D eigenvalue weighted by Crippen LogP contribution is 2.00. The molecule has 9 heavy (non-hydrogen) atoms. The van der Waals surface area contributed by atoms with Crippen LogP contribution in [-0.4, -0.2) is 15.4 Å². The van der Waals surface area contributed by atoms with Gasteiger partial charge in [0.05, 0.1) is 11.4 Å². The first kappa shape index (κ1) is 6.26. The fourth-order valence-electron chi connectivity index (χ4n) is 0.774. The lowest BCUT2D eigenvalue weighted by molar-refractivity contribution is 0.852. The highest BCUT2D eigenvalue weighted by atomic mass is 15.3. The molecule has 0 aliphatic rings. The molecule has 3 nitrogen and oxygen atoms in total. The normalized spacial score (nSPS) is 10.0. The Bertz CT molecular complexity index is 180. The molecule has 1 heterocycles. The predicted octanol–water partition coefficient (Wildman–Crippen LogP) is 1.07. The minimum atomic E-state index is 1.03. The standard InChI is InChI=1S/C6H11N3/c1-3-4-6-5(2)7-9-8-6/h3-4H2,1-2H3,(H,7,8,9). The Hall–Kier alpha value is -0.860. The van der Waals surface area contributed by atoms with Crippen LogP contribution in [0, 0.1) is 6.92 Å². The fourth-order valence-corrected chi connectivity index (χ4v) is 0.774. The lowest BCUT2D eigenvalue weighted by atomic mass is 10.2. The van der Waals surface area contributed by atoms with Crippen molar-refractivity contribution in [2.45, 2.75) is 26.7 Å². The van der Waals surface area contributed by atoms with Gasteiger partial charge in [-0.25, -0.2) is 0 Å². The van der Waals surface area contributed by atoms with Crippen molar-refractivity contribution in [1.82, 2.24) is 15.4 Å². The Morgan fingerprint density at radius 1 is 1.56 bits per heavy atom. The van der Waals surface area contributed by atoms with Gasteiger partial charge in [-0.05, 0) is 13.3 Å². The molecule has 0 aliphatic carbocycles. The molecule has 0 unspecified atom stereocenters. The molecule has 0 saturated carbocycles. The van der Waals surface area contributed by atoms with E-state index in [9.17, 15) is 0 Å². The summed E-state index contributed by atoms with van der Waals surface area (Å²) in [7, 11) is 0. The van der Waals surface area contributed by atoms with Gasteiger partial charge in [-0.2, -0.15) is 0 Å². The number of nitrogens with zero attached hydrogens (tertiary/aromatic N) is 2. The Labute approximate surface area is 54.5 Å². The summed E-state index contributed by atoms with van der Waals surface area (Å²) in [4.78, 5) is 0. The van der Waals surface area contributed by atoms with E-state index in [1.54, 1.807) is 0 Å². The molecule has 0 spiro atoms. The van der Waals surface area contributed by atoms with Crippen LogP contribution in [0.1, 0.15) is 24.7 Å². The average molecular weight is 125 g/mol. The molecule has 3 heteroatoms. The van der Waals surface area contributed by atoms with E-state index >= 15 is 0 Å². The van der Waals surface area contributed by atoms with E-state index in [4.69, 9.17) is 0 Å². The largest absolute Gasteiger partial charge is 0.262 e. The van der Waals surface area contributed by atoms with Crippen molar-refractivity contribution in [2.24, 2.45) is 0 Å². The van der Waals surface area contributed by atoms with Crippen molar-refractivity contribution < 1.29 is 0 Å². The van der Waals surface area contributed by atoms with Crippen LogP contribution in [0.15, 0.2) is 0 Å². The first-order chi connectivity index (χ1) is 4.34. The number of aryl methyl sites for hydroxylation is 2. The smallest absolute Gasteiger partial charge is 0.0853 e. The molecule has 0 saturated heterocycles. The Balaban J connectivity index is 2.69. The van der Waals surface area contributed by atoms with Gasteiger partial charge in [0.1, 0.15) is 0 Å². The SMILES string of the molecule is CCCc1nn[nH]c1C. The number of nitrogens with one attached hydrogen (secondary N) is 1. The first-order valence-corrected chi connectivity index (χ1v) is 3.21. The molecule has 0 radical (unpaired) electrons. The quantitative estimate of drug-likeness (QED) is 0.642. The maximum Gasteiger partial charge on any atom is 0.0853 e. The second-order valence-electron chi connectivity index (χ2n) is 2.13. The molecule has 1 N–H and O–H groups in total. The molecular weight excluding hydrogens is 114 g/mol. The number of H-pyrrole nitrogens is 1. The average Bonchev–Trinajstić information content (AvgIpc) is 2.18. The zero-order valence-electron chi connectivity index (χ0n) is 5.81. The summed E-state index contributed by atoms with van der Waals surface area (Å²) in [5.41, 5.74) is 2.19. The number of hydrogen-bond donors (Lipinski definition) is 1. The van der Waals surface area contributed by atoms with Gasteiger partial charge >= 0.3 is 0 Å². The number of aromatic nitrogens is 3. The highest BCUT2D eigenvalue weighted by Gasteiger charge is 1.97. The van der Waals surface area contributed by atoms with Crippen LogP contribution in [0.25, 0.3) is 0 Å². The molecule has 0 amide bonds. The monoisotopic (exact) mass is 125 g/mol. The molecule has 0 aliphatic heterocycles. The topological polar surface area (TPSA) is 41.6 Å². The van der Waals surface area contributed by atoms with Gasteiger partial charge in [0.25, 0.3) is 0 Å². The van der Waals surface area contributed by atoms with Gasteiger partial charge in [0.2, 0.25) is 0 Å². The van der Waals surface area contributed by atoms with Gasteiger partial charge in [-0.15, -0.1) is 5.10 Å². The molecule has 0 atom stereocenters. The maximum absolute atomic E-state index is 3.90. The van der Waals surface area contributed by atoms with E-state index in [-0.39, 0.29) is 0 Å². The molecule has 0 bridgehead atoms. The van der Waals surface area contributed by atoms with E-state index in [1.807, 2.05) is 6.92 Å². The summed E-state index contributed by atoms with van der Waals surface area (Å²) < 4.78 is 0. The summed E-state index contributed by atoms with van der Waals surface area (Å²) in [6.45, 7) is 4.12. The van der Waals surface area contributed by atoms with Crippen LogP contribution in [0.2, 0.25) is 0 Å². The van der Waals surface area contributed by atoms with E-state index in [0.717, 1.165) is 24.2 Å². The van der Waals surface area contributed by atoms with Gasteiger partial charge in [0, 0.05) is 0 Å². The second kappa shape index (κ2) is 2.62. The van der Waals surface area contributed by atoms with Gasteiger partial charge in [0.15, 0.2) is 0 Å². The summed E-state index contributed by atoms with van der Waals surface area (Å²) in [5, 5.41) is 10.4. The minimum Gasteiger partial charge on any atom is -0.262 e. The number of hydrogen-bond acceptors (Lipinski definition) is 2. The molecule has 0 fully saturated rings. The van der Waals surface area contributed by atoms with Crippen LogP contribution in [0.3, 0.4) is 0 Å². The fraction of sp³-hybridized carbons (Fsp3) is 0.667. The van der Waals surface area contributed by atoms with Crippen LogP contribution in [-0.2, 0) is 6.42 Å². The molecule has 0 aromatic carbocycles.